The molecule has 1 heterocycles. The van der Waals surface area contributed by atoms with E-state index in [-0.39, 0.29) is 10.7 Å². The van der Waals surface area contributed by atoms with Crippen molar-refractivity contribution >= 4 is 27.6 Å². The minimum atomic E-state index is -0.248. The van der Waals surface area contributed by atoms with Crippen LogP contribution in [0.1, 0.15) is 11.1 Å². The third-order valence-corrected chi connectivity index (χ3v) is 4.11. The highest BCUT2D eigenvalue weighted by Crippen LogP contribution is 2.24. The lowest BCUT2D eigenvalue weighted by atomic mass is 10.2. The topological polar surface area (TPSA) is 24.7 Å². The van der Waals surface area contributed by atoms with E-state index in [1.54, 1.807) is 0 Å². The minimum absolute atomic E-state index is 0.248. The molecule has 0 saturated heterocycles. The summed E-state index contributed by atoms with van der Waals surface area (Å²) >= 11 is 0. The molecule has 0 radical (unpaired) electrons. The van der Waals surface area contributed by atoms with Gasteiger partial charge in [0.15, 0.2) is 0 Å². The van der Waals surface area contributed by atoms with Gasteiger partial charge in [0, 0.05) is 11.0 Å². The quantitative estimate of drug-likeness (QED) is 0.766. The fourth-order valence-corrected chi connectivity index (χ4v) is 3.11. The molecule has 0 spiro atoms. The summed E-state index contributed by atoms with van der Waals surface area (Å²) in [6, 6.07) is 18.4. The van der Waals surface area contributed by atoms with Gasteiger partial charge in [-0.1, -0.05) is 48.5 Å². The van der Waals surface area contributed by atoms with Crippen molar-refractivity contribution in [1.82, 2.24) is 0 Å². The van der Waals surface area contributed by atoms with E-state index in [1.807, 2.05) is 41.9 Å². The maximum Gasteiger partial charge on any atom is 0.0785 e. The molecule has 1 aliphatic rings. The summed E-state index contributed by atoms with van der Waals surface area (Å²) in [6.45, 7) is 2.08. The number of hydrogen-bond acceptors (Lipinski definition) is 2. The average molecular weight is 266 g/mol. The fraction of sp³-hybridized carbons (Fsp3) is 0.0625. The normalized spacial score (nSPS) is 17.7. The van der Waals surface area contributed by atoms with Crippen molar-refractivity contribution in [2.24, 2.45) is 9.36 Å². The van der Waals surface area contributed by atoms with Crippen LogP contribution in [0.5, 0.6) is 0 Å². The summed E-state index contributed by atoms with van der Waals surface area (Å²) in [5.41, 5.74) is 6.33. The Balaban J connectivity index is 1.92. The summed E-state index contributed by atoms with van der Waals surface area (Å²) in [5.74, 6) is 0. The molecule has 3 heteroatoms. The molecule has 19 heavy (non-hydrogen) atoms. The van der Waals surface area contributed by atoms with E-state index in [0.29, 0.717) is 0 Å². The van der Waals surface area contributed by atoms with Crippen LogP contribution < -0.4 is 0 Å². The Hall–Kier alpha value is -2.00. The maximum absolute atomic E-state index is 4.74. The first kappa shape index (κ1) is 12.1. The van der Waals surface area contributed by atoms with Gasteiger partial charge in [-0.25, -0.2) is 9.36 Å². The first-order valence-electron chi connectivity index (χ1n) is 6.14. The summed E-state index contributed by atoms with van der Waals surface area (Å²) in [7, 11) is -0.248. The number of benzene rings is 2. The van der Waals surface area contributed by atoms with E-state index in [9.17, 15) is 0 Å². The Bertz CT molecular complexity index is 685. The number of aliphatic imine (C=N–C) groups is 1. The zero-order valence-corrected chi connectivity index (χ0v) is 11.5. The predicted molar refractivity (Wildman–Crippen MR) is 83.5 cm³/mol. The van der Waals surface area contributed by atoms with Gasteiger partial charge in [0.2, 0.25) is 0 Å². The highest BCUT2D eigenvalue weighted by atomic mass is 32.2. The van der Waals surface area contributed by atoms with Crippen LogP contribution in [-0.2, 0) is 10.7 Å². The summed E-state index contributed by atoms with van der Waals surface area (Å²) in [6.07, 6.45) is 0. The Labute approximate surface area is 115 Å². The van der Waals surface area contributed by atoms with Crippen LogP contribution in [0.2, 0.25) is 0 Å². The van der Waals surface area contributed by atoms with Gasteiger partial charge in [-0.2, -0.15) is 0 Å². The number of rotatable bonds is 2. The second-order valence-electron chi connectivity index (χ2n) is 4.33. The van der Waals surface area contributed by atoms with Crippen molar-refractivity contribution in [3.63, 3.8) is 0 Å². The minimum Gasteiger partial charge on any atom is -0.247 e. The third-order valence-electron chi connectivity index (χ3n) is 2.92. The largest absolute Gasteiger partial charge is 0.247 e. The zero-order chi connectivity index (χ0) is 13.1. The van der Waals surface area contributed by atoms with Crippen LogP contribution in [0, 0.1) is 6.92 Å². The molecule has 1 atom stereocenters. The van der Waals surface area contributed by atoms with Gasteiger partial charge in [0.25, 0.3) is 0 Å². The molecule has 1 unspecified atom stereocenters. The third kappa shape index (κ3) is 2.71. The molecule has 0 aromatic heterocycles. The molecule has 3 rings (SSSR count). The number of aryl methyl sites for hydroxylation is 1. The van der Waals surface area contributed by atoms with Gasteiger partial charge in [0.1, 0.15) is 0 Å². The predicted octanol–water partition coefficient (Wildman–Crippen LogP) is 4.47. The Morgan fingerprint density at radius 2 is 1.68 bits per heavy atom. The monoisotopic (exact) mass is 266 g/mol. The smallest absolute Gasteiger partial charge is 0.0785 e. The second-order valence-corrected chi connectivity index (χ2v) is 5.65. The number of hydrogen-bond donors (Lipinski definition) is 0. The summed E-state index contributed by atoms with van der Waals surface area (Å²) in [4.78, 5) is 4.47. The first-order chi connectivity index (χ1) is 9.33. The molecule has 2 aromatic rings. The maximum atomic E-state index is 4.74. The van der Waals surface area contributed by atoms with E-state index >= 15 is 0 Å². The van der Waals surface area contributed by atoms with E-state index in [4.69, 9.17) is 4.36 Å². The molecule has 94 valence electrons. The molecular weight excluding hydrogens is 252 g/mol. The molecule has 1 aliphatic heterocycles. The zero-order valence-electron chi connectivity index (χ0n) is 10.7. The van der Waals surface area contributed by atoms with Crippen molar-refractivity contribution in [2.75, 3.05) is 0 Å². The van der Waals surface area contributed by atoms with Crippen LogP contribution in [0.3, 0.4) is 0 Å². The van der Waals surface area contributed by atoms with Crippen molar-refractivity contribution in [3.05, 3.63) is 71.1 Å². The first-order valence-corrected chi connectivity index (χ1v) is 7.44. The van der Waals surface area contributed by atoms with Crippen LogP contribution in [0.25, 0.3) is 5.70 Å². The highest BCUT2D eigenvalue weighted by Gasteiger charge is 2.06. The van der Waals surface area contributed by atoms with E-state index < -0.39 is 0 Å². The van der Waals surface area contributed by atoms with Gasteiger partial charge in [-0.05, 0) is 29.2 Å². The van der Waals surface area contributed by atoms with Gasteiger partial charge in [-0.15, -0.1) is 0 Å². The van der Waals surface area contributed by atoms with Gasteiger partial charge >= 0.3 is 0 Å². The highest BCUT2D eigenvalue weighted by molar-refractivity contribution is 8.03. The van der Waals surface area contributed by atoms with E-state index in [2.05, 4.69) is 35.5 Å². The molecule has 0 aliphatic carbocycles. The van der Waals surface area contributed by atoms with E-state index in [0.717, 1.165) is 16.9 Å². The van der Waals surface area contributed by atoms with Gasteiger partial charge < -0.3 is 0 Å². The van der Waals surface area contributed by atoms with Crippen LogP contribution in [0.4, 0.5) is 5.69 Å². The standard InChI is InChI=1S/C16H14N2S/c1-13-7-5-6-10-15(13)18-19-11-16(17-12-19)14-8-3-2-4-9-14/h2-12H,1H3. The molecule has 0 N–H and O–H groups in total. The Morgan fingerprint density at radius 1 is 0.947 bits per heavy atom. The Morgan fingerprint density at radius 3 is 2.47 bits per heavy atom. The molecule has 0 fully saturated rings. The van der Waals surface area contributed by atoms with Crippen molar-refractivity contribution in [3.8, 4) is 0 Å². The lowest BCUT2D eigenvalue weighted by Crippen LogP contribution is -1.80. The summed E-state index contributed by atoms with van der Waals surface area (Å²) < 4.78 is 4.74. The van der Waals surface area contributed by atoms with Gasteiger partial charge in [-0.3, -0.25) is 0 Å². The average Bonchev–Trinajstić information content (AvgIpc) is 2.91. The van der Waals surface area contributed by atoms with Crippen LogP contribution in [0.15, 0.2) is 69.4 Å². The lowest BCUT2D eigenvalue weighted by molar-refractivity contribution is 1.42. The Kier molecular flexibility index (Phi) is 3.38. The second kappa shape index (κ2) is 5.33. The van der Waals surface area contributed by atoms with E-state index in [1.165, 1.54) is 5.56 Å². The molecule has 0 saturated carbocycles. The van der Waals surface area contributed by atoms with Crippen molar-refractivity contribution < 1.29 is 0 Å². The molecule has 2 aromatic carbocycles. The number of nitrogens with zero attached hydrogens (tertiary/aromatic N) is 2. The molecule has 2 nitrogen and oxygen atoms in total. The van der Waals surface area contributed by atoms with Gasteiger partial charge in [0.05, 0.1) is 16.9 Å². The SMILES string of the molecule is Cc1ccccc1N=S1C=NC(c2ccccc2)=C1. The molecule has 0 amide bonds. The van der Waals surface area contributed by atoms with Crippen LogP contribution >= 0.6 is 0 Å². The summed E-state index contributed by atoms with van der Waals surface area (Å²) in [5, 5.41) is 2.13. The van der Waals surface area contributed by atoms with Crippen LogP contribution in [-0.4, -0.2) is 5.55 Å². The molecular formula is C16H14N2S. The fourth-order valence-electron chi connectivity index (χ4n) is 1.87. The lowest BCUT2D eigenvalue weighted by Gasteiger charge is -1.99. The van der Waals surface area contributed by atoms with Crippen molar-refractivity contribution in [1.29, 1.82) is 0 Å². The van der Waals surface area contributed by atoms with Crippen molar-refractivity contribution in [2.45, 2.75) is 6.92 Å². The molecule has 0 bridgehead atoms.